The third-order valence-electron chi connectivity index (χ3n) is 2.38. The van der Waals surface area contributed by atoms with E-state index < -0.39 is 36.2 Å². The third kappa shape index (κ3) is 32.3. The number of aliphatic hydroxyl groups is 3. The fourth-order valence-corrected chi connectivity index (χ4v) is 1.24. The van der Waals surface area contributed by atoms with Gasteiger partial charge in [0.2, 0.25) is 0 Å². The summed E-state index contributed by atoms with van der Waals surface area (Å²) < 4.78 is 0. The van der Waals surface area contributed by atoms with Gasteiger partial charge >= 0.3 is 17.9 Å². The van der Waals surface area contributed by atoms with Crippen molar-refractivity contribution in [1.82, 2.24) is 0 Å². The Morgan fingerprint density at radius 1 is 0.750 bits per heavy atom. The minimum Gasteiger partial charge on any atom is -0.481 e. The first-order chi connectivity index (χ1) is 11.0. The van der Waals surface area contributed by atoms with Gasteiger partial charge in [0.05, 0.1) is 37.6 Å². The Hall–Kier alpha value is -1.71. The number of hydrogen-bond donors (Lipinski definition) is 6. The Morgan fingerprint density at radius 2 is 1.12 bits per heavy atom. The van der Waals surface area contributed by atoms with Gasteiger partial charge in [0.25, 0.3) is 0 Å². The molecule has 9 nitrogen and oxygen atoms in total. The minimum absolute atomic E-state index is 0.131. The molecule has 0 fully saturated rings. The summed E-state index contributed by atoms with van der Waals surface area (Å²) in [4.78, 5) is 29.4. The molecule has 3 unspecified atom stereocenters. The standard InChI is InChI=1S/C6H12O3.C5H10O3.C4H8O3/c1-2-3-5(7)4-6(8)9;1-2-4(6)3-5(7)8;1-3(5)2-4(6)7/h5,7H,2-4H2,1H3,(H,8,9);4,6H,2-3H2,1H3,(H,7,8);3,5H,2H2,1H3,(H,6,7). The van der Waals surface area contributed by atoms with Crippen molar-refractivity contribution in [1.29, 1.82) is 0 Å². The SMILES string of the molecule is CC(O)CC(=O)O.CCC(O)CC(=O)O.CCCC(O)CC(=O)O. The Morgan fingerprint density at radius 3 is 1.29 bits per heavy atom. The van der Waals surface area contributed by atoms with Gasteiger partial charge in [-0.05, 0) is 19.8 Å². The summed E-state index contributed by atoms with van der Waals surface area (Å²) in [7, 11) is 0. The van der Waals surface area contributed by atoms with Crippen LogP contribution in [0.25, 0.3) is 0 Å². The maximum Gasteiger partial charge on any atom is 0.305 e. The molecule has 0 aliphatic heterocycles. The van der Waals surface area contributed by atoms with Crippen LogP contribution in [0.4, 0.5) is 0 Å². The van der Waals surface area contributed by atoms with E-state index in [9.17, 15) is 14.4 Å². The minimum atomic E-state index is -0.963. The molecule has 0 amide bonds. The lowest BCUT2D eigenvalue weighted by Crippen LogP contribution is -2.11. The van der Waals surface area contributed by atoms with Crippen LogP contribution in [0.1, 0.15) is 59.3 Å². The average molecular weight is 354 g/mol. The van der Waals surface area contributed by atoms with Crippen molar-refractivity contribution in [2.24, 2.45) is 0 Å². The molecule has 6 N–H and O–H groups in total. The Bertz CT molecular complexity index is 342. The van der Waals surface area contributed by atoms with Crippen LogP contribution < -0.4 is 0 Å². The van der Waals surface area contributed by atoms with Crippen LogP contribution in [0.5, 0.6) is 0 Å². The van der Waals surface area contributed by atoms with Gasteiger partial charge in [-0.15, -0.1) is 0 Å². The monoisotopic (exact) mass is 354 g/mol. The molecule has 3 atom stereocenters. The van der Waals surface area contributed by atoms with Gasteiger partial charge in [-0.2, -0.15) is 0 Å². The molecule has 0 aromatic rings. The van der Waals surface area contributed by atoms with Gasteiger partial charge in [0.1, 0.15) is 0 Å². The summed E-state index contributed by atoms with van der Waals surface area (Å²) in [5.74, 6) is -2.84. The molecule has 0 saturated carbocycles. The first-order valence-corrected chi connectivity index (χ1v) is 7.65. The maximum absolute atomic E-state index is 9.92. The largest absolute Gasteiger partial charge is 0.481 e. The average Bonchev–Trinajstić information content (AvgIpc) is 2.36. The Balaban J connectivity index is -0.000000278. The first kappa shape index (κ1) is 27.2. The fourth-order valence-electron chi connectivity index (χ4n) is 1.24. The van der Waals surface area contributed by atoms with Crippen molar-refractivity contribution in [3.8, 4) is 0 Å². The number of aliphatic carboxylic acids is 3. The molecule has 0 saturated heterocycles. The molecule has 0 heterocycles. The predicted molar refractivity (Wildman–Crippen MR) is 85.7 cm³/mol. The summed E-state index contributed by atoms with van der Waals surface area (Å²) in [5.41, 5.74) is 0. The molecule has 0 aliphatic rings. The summed E-state index contributed by atoms with van der Waals surface area (Å²) in [6.45, 7) is 5.09. The van der Waals surface area contributed by atoms with Crippen molar-refractivity contribution < 1.29 is 45.0 Å². The van der Waals surface area contributed by atoms with Gasteiger partial charge in [0.15, 0.2) is 0 Å². The highest BCUT2D eigenvalue weighted by molar-refractivity contribution is 5.67. The molecule has 24 heavy (non-hydrogen) atoms. The van der Waals surface area contributed by atoms with Crippen LogP contribution in [0.3, 0.4) is 0 Å². The molecule has 144 valence electrons. The number of hydrogen-bond acceptors (Lipinski definition) is 6. The second-order valence-corrected chi connectivity index (χ2v) is 5.15. The molecular formula is C15H30O9. The highest BCUT2D eigenvalue weighted by Gasteiger charge is 2.06. The first-order valence-electron chi connectivity index (χ1n) is 7.65. The van der Waals surface area contributed by atoms with Crippen molar-refractivity contribution in [2.45, 2.75) is 77.6 Å². The molecule has 0 spiro atoms. The molecule has 0 radical (unpaired) electrons. The zero-order chi connectivity index (χ0) is 19.7. The summed E-state index contributed by atoms with van der Waals surface area (Å²) in [5, 5.41) is 50.0. The summed E-state index contributed by atoms with van der Waals surface area (Å²) >= 11 is 0. The van der Waals surface area contributed by atoms with Crippen LogP contribution >= 0.6 is 0 Å². The molecular weight excluding hydrogens is 324 g/mol. The van der Waals surface area contributed by atoms with Crippen molar-refractivity contribution >= 4 is 17.9 Å². The second-order valence-electron chi connectivity index (χ2n) is 5.15. The van der Waals surface area contributed by atoms with E-state index >= 15 is 0 Å². The van der Waals surface area contributed by atoms with Crippen molar-refractivity contribution in [3.05, 3.63) is 0 Å². The summed E-state index contributed by atoms with van der Waals surface area (Å²) in [6.07, 6.45) is -0.588. The topological polar surface area (TPSA) is 173 Å². The zero-order valence-electron chi connectivity index (χ0n) is 14.4. The van der Waals surface area contributed by atoms with Gasteiger partial charge < -0.3 is 30.6 Å². The van der Waals surface area contributed by atoms with Crippen LogP contribution in [-0.4, -0.2) is 66.9 Å². The lowest BCUT2D eigenvalue weighted by molar-refractivity contribution is -0.140. The number of carboxylic acids is 3. The van der Waals surface area contributed by atoms with E-state index in [0.717, 1.165) is 6.42 Å². The molecule has 0 aliphatic carbocycles. The van der Waals surface area contributed by atoms with E-state index in [1.165, 1.54) is 6.92 Å². The van der Waals surface area contributed by atoms with Crippen LogP contribution in [0.15, 0.2) is 0 Å². The quantitative estimate of drug-likeness (QED) is 0.348. The van der Waals surface area contributed by atoms with Crippen molar-refractivity contribution in [2.75, 3.05) is 0 Å². The van der Waals surface area contributed by atoms with E-state index in [4.69, 9.17) is 30.6 Å². The second kappa shape index (κ2) is 17.6. The maximum atomic E-state index is 9.92. The Kier molecular flexibility index (Phi) is 20.0. The predicted octanol–water partition coefficient (Wildman–Crippen LogP) is 0.696. The van der Waals surface area contributed by atoms with E-state index in [1.807, 2.05) is 6.92 Å². The molecule has 0 aromatic carbocycles. The van der Waals surface area contributed by atoms with Crippen LogP contribution in [0, 0.1) is 0 Å². The normalized spacial score (nSPS) is 13.2. The molecule has 0 rings (SSSR count). The van der Waals surface area contributed by atoms with Gasteiger partial charge in [-0.25, -0.2) is 0 Å². The van der Waals surface area contributed by atoms with Gasteiger partial charge in [-0.3, -0.25) is 14.4 Å². The molecule has 9 heteroatoms. The number of carbonyl (C=O) groups is 3. The van der Waals surface area contributed by atoms with Crippen LogP contribution in [-0.2, 0) is 14.4 Å². The smallest absolute Gasteiger partial charge is 0.305 e. The van der Waals surface area contributed by atoms with E-state index in [0.29, 0.717) is 12.8 Å². The molecule has 0 aromatic heterocycles. The number of carboxylic acid groups (broad SMARTS) is 3. The van der Waals surface area contributed by atoms with E-state index in [1.54, 1.807) is 6.92 Å². The highest BCUT2D eigenvalue weighted by atomic mass is 16.4. The van der Waals surface area contributed by atoms with Crippen LogP contribution in [0.2, 0.25) is 0 Å². The lowest BCUT2D eigenvalue weighted by atomic mass is 10.1. The lowest BCUT2D eigenvalue weighted by Gasteiger charge is -2.03. The third-order valence-corrected chi connectivity index (χ3v) is 2.38. The molecule has 0 bridgehead atoms. The van der Waals surface area contributed by atoms with E-state index in [2.05, 4.69) is 0 Å². The number of rotatable bonds is 9. The fraction of sp³-hybridized carbons (Fsp3) is 0.800. The van der Waals surface area contributed by atoms with Gasteiger partial charge in [0, 0.05) is 0 Å². The van der Waals surface area contributed by atoms with Gasteiger partial charge in [-0.1, -0.05) is 20.3 Å². The zero-order valence-corrected chi connectivity index (χ0v) is 14.4. The highest BCUT2D eigenvalue weighted by Crippen LogP contribution is 1.99. The summed E-state index contributed by atoms with van der Waals surface area (Å²) in [6, 6.07) is 0. The number of aliphatic hydroxyl groups excluding tert-OH is 3. The Labute approximate surface area is 141 Å². The van der Waals surface area contributed by atoms with Crippen molar-refractivity contribution in [3.63, 3.8) is 0 Å². The van der Waals surface area contributed by atoms with E-state index in [-0.39, 0.29) is 19.3 Å².